The Morgan fingerprint density at radius 1 is 0.950 bits per heavy atom. The first-order valence-electron chi connectivity index (χ1n) is 12.7. The molecule has 0 radical (unpaired) electrons. The van der Waals surface area contributed by atoms with Crippen LogP contribution in [0.5, 0.6) is 5.75 Å². The summed E-state index contributed by atoms with van der Waals surface area (Å²) in [5.41, 5.74) is 3.27. The lowest BCUT2D eigenvalue weighted by Crippen LogP contribution is -2.02. The topological polar surface area (TPSA) is 94.5 Å². The van der Waals surface area contributed by atoms with Crippen LogP contribution in [0, 0.1) is 0 Å². The zero-order chi connectivity index (χ0) is 27.5. The summed E-state index contributed by atoms with van der Waals surface area (Å²) in [7, 11) is 1.39. The first kappa shape index (κ1) is 25.4. The largest absolute Gasteiger partial charge is 0.508 e. The van der Waals surface area contributed by atoms with Crippen molar-refractivity contribution in [2.24, 2.45) is 5.10 Å². The minimum absolute atomic E-state index is 0.196. The average Bonchev–Trinajstić information content (AvgIpc) is 3.57. The van der Waals surface area contributed by atoms with Crippen LogP contribution in [0.25, 0.3) is 33.1 Å². The number of rotatable bonds is 8. The molecule has 2 aromatic heterocycles. The molecule has 9 heteroatoms. The molecular weight excluding hydrogens is 522 g/mol. The highest BCUT2D eigenvalue weighted by Crippen LogP contribution is 2.30. The summed E-state index contributed by atoms with van der Waals surface area (Å²) in [6.07, 6.45) is 3.57. The van der Waals surface area contributed by atoms with E-state index in [-0.39, 0.29) is 11.7 Å². The lowest BCUT2D eigenvalue weighted by molar-refractivity contribution is 0.0602. The molecule has 0 bridgehead atoms. The molecule has 2 heterocycles. The second kappa shape index (κ2) is 11.1. The van der Waals surface area contributed by atoms with Crippen molar-refractivity contribution in [3.63, 3.8) is 0 Å². The molecule has 0 unspecified atom stereocenters. The van der Waals surface area contributed by atoms with Gasteiger partial charge in [0.15, 0.2) is 5.82 Å². The number of ether oxygens (including phenoxy) is 1. The number of hydrogen-bond donors (Lipinski definition) is 1. The maximum atomic E-state index is 12.3. The minimum atomic E-state index is -0.356. The van der Waals surface area contributed by atoms with Gasteiger partial charge in [0, 0.05) is 35.0 Å². The number of benzene rings is 4. The zero-order valence-corrected chi connectivity index (χ0v) is 22.5. The number of carbonyl (C=O) groups excluding carboxylic acids is 1. The summed E-state index contributed by atoms with van der Waals surface area (Å²) in [6, 6.07) is 28.9. The van der Waals surface area contributed by atoms with Gasteiger partial charge in [0.25, 0.3) is 0 Å². The van der Waals surface area contributed by atoms with Crippen molar-refractivity contribution in [3.8, 4) is 17.1 Å². The number of aryl methyl sites for hydroxylation is 1. The van der Waals surface area contributed by atoms with E-state index in [0.29, 0.717) is 28.8 Å². The molecule has 0 amide bonds. The Morgan fingerprint density at radius 3 is 2.52 bits per heavy atom. The molecule has 6 rings (SSSR count). The lowest BCUT2D eigenvalue weighted by Gasteiger charge is -2.08. The van der Waals surface area contributed by atoms with E-state index >= 15 is 0 Å². The van der Waals surface area contributed by atoms with E-state index in [2.05, 4.69) is 33.0 Å². The molecule has 1 N–H and O–H groups in total. The molecule has 0 saturated carbocycles. The standard InChI is InChI=1S/C31H25N5O3S/c1-39-30(38)27-20-35(28-12-5-4-10-25(27)28)17-18-40-31-34-33-29(26-11-6-8-22-7-2-3-9-24(22)26)36(31)32-19-21-13-15-23(37)16-14-21/h2-16,19-20,37H,17-18H2,1H3/b32-19+. The number of esters is 1. The van der Waals surface area contributed by atoms with Crippen molar-refractivity contribution in [2.75, 3.05) is 12.9 Å². The van der Waals surface area contributed by atoms with Gasteiger partial charge in [-0.25, -0.2) is 4.79 Å². The lowest BCUT2D eigenvalue weighted by atomic mass is 10.0. The first-order chi connectivity index (χ1) is 19.6. The number of phenolic OH excluding ortho intramolecular Hbond substituents is 1. The molecular formula is C31H25N5O3S. The van der Waals surface area contributed by atoms with Gasteiger partial charge < -0.3 is 14.4 Å². The maximum Gasteiger partial charge on any atom is 0.340 e. The van der Waals surface area contributed by atoms with Crippen molar-refractivity contribution >= 4 is 45.6 Å². The zero-order valence-electron chi connectivity index (χ0n) is 21.6. The van der Waals surface area contributed by atoms with Gasteiger partial charge in [-0.3, -0.25) is 0 Å². The summed E-state index contributed by atoms with van der Waals surface area (Å²) < 4.78 is 8.80. The second-order valence-electron chi connectivity index (χ2n) is 9.07. The SMILES string of the molecule is COC(=O)c1cn(CCSc2nnc(-c3cccc4ccccc34)n2/N=C/c2ccc(O)cc2)c2ccccc12. The number of carbonyl (C=O) groups is 1. The summed E-state index contributed by atoms with van der Waals surface area (Å²) in [6.45, 7) is 0.639. The summed E-state index contributed by atoms with van der Waals surface area (Å²) in [5.74, 6) is 1.14. The number of phenols is 1. The van der Waals surface area contributed by atoms with Gasteiger partial charge in [-0.15, -0.1) is 10.2 Å². The number of hydrogen-bond acceptors (Lipinski definition) is 7. The van der Waals surface area contributed by atoms with Crippen molar-refractivity contribution in [1.82, 2.24) is 19.4 Å². The molecule has 0 aliphatic heterocycles. The number of thioether (sulfide) groups is 1. The number of nitrogens with zero attached hydrogens (tertiary/aromatic N) is 5. The molecule has 0 aliphatic rings. The van der Waals surface area contributed by atoms with E-state index in [9.17, 15) is 9.90 Å². The van der Waals surface area contributed by atoms with Crippen LogP contribution in [-0.2, 0) is 11.3 Å². The van der Waals surface area contributed by atoms with Crippen LogP contribution < -0.4 is 0 Å². The molecule has 0 fully saturated rings. The molecule has 8 nitrogen and oxygen atoms in total. The Balaban J connectivity index is 1.33. The van der Waals surface area contributed by atoms with Crippen molar-refractivity contribution < 1.29 is 14.6 Å². The fraction of sp³-hybridized carbons (Fsp3) is 0.0968. The van der Waals surface area contributed by atoms with E-state index in [1.54, 1.807) is 35.2 Å². The van der Waals surface area contributed by atoms with Crippen LogP contribution in [0.15, 0.2) is 107 Å². The van der Waals surface area contributed by atoms with E-state index in [4.69, 9.17) is 9.84 Å². The third-order valence-electron chi connectivity index (χ3n) is 6.62. The molecule has 0 aliphatic carbocycles. The highest BCUT2D eigenvalue weighted by molar-refractivity contribution is 7.99. The van der Waals surface area contributed by atoms with E-state index in [1.165, 1.54) is 18.9 Å². The van der Waals surface area contributed by atoms with Gasteiger partial charge >= 0.3 is 5.97 Å². The van der Waals surface area contributed by atoms with Crippen LogP contribution in [0.2, 0.25) is 0 Å². The molecule has 40 heavy (non-hydrogen) atoms. The van der Waals surface area contributed by atoms with Crippen molar-refractivity contribution in [3.05, 3.63) is 108 Å². The Hall–Kier alpha value is -4.89. The van der Waals surface area contributed by atoms with Gasteiger partial charge in [0.1, 0.15) is 5.75 Å². The quantitative estimate of drug-likeness (QED) is 0.138. The third kappa shape index (κ3) is 4.94. The number of aromatic nitrogens is 4. The number of para-hydroxylation sites is 1. The van der Waals surface area contributed by atoms with Crippen LogP contribution >= 0.6 is 11.8 Å². The van der Waals surface area contributed by atoms with Crippen LogP contribution in [0.3, 0.4) is 0 Å². The summed E-state index contributed by atoms with van der Waals surface area (Å²) in [4.78, 5) is 12.3. The van der Waals surface area contributed by atoms with Crippen LogP contribution in [0.1, 0.15) is 15.9 Å². The monoisotopic (exact) mass is 547 g/mol. The van der Waals surface area contributed by atoms with Crippen LogP contribution in [-0.4, -0.2) is 49.6 Å². The third-order valence-corrected chi connectivity index (χ3v) is 7.51. The van der Waals surface area contributed by atoms with Gasteiger partial charge in [0.05, 0.1) is 18.9 Å². The smallest absolute Gasteiger partial charge is 0.340 e. The Labute approximate surface area is 234 Å². The molecule has 0 atom stereocenters. The van der Waals surface area contributed by atoms with E-state index < -0.39 is 0 Å². The highest BCUT2D eigenvalue weighted by atomic mass is 32.2. The first-order valence-corrected chi connectivity index (χ1v) is 13.7. The normalized spacial score (nSPS) is 11.5. The summed E-state index contributed by atoms with van der Waals surface area (Å²) in [5, 5.41) is 27.1. The number of aromatic hydroxyl groups is 1. The predicted molar refractivity (Wildman–Crippen MR) is 158 cm³/mol. The van der Waals surface area contributed by atoms with Crippen molar-refractivity contribution in [2.45, 2.75) is 11.7 Å². The highest BCUT2D eigenvalue weighted by Gasteiger charge is 2.18. The van der Waals surface area contributed by atoms with Gasteiger partial charge in [-0.1, -0.05) is 72.4 Å². The van der Waals surface area contributed by atoms with Crippen molar-refractivity contribution in [1.29, 1.82) is 0 Å². The molecule has 0 spiro atoms. The number of fused-ring (bicyclic) bond motifs is 2. The number of methoxy groups -OCH3 is 1. The van der Waals surface area contributed by atoms with Gasteiger partial charge in [-0.2, -0.15) is 9.78 Å². The van der Waals surface area contributed by atoms with E-state index in [1.807, 2.05) is 54.7 Å². The van der Waals surface area contributed by atoms with Crippen LogP contribution in [0.4, 0.5) is 0 Å². The predicted octanol–water partition coefficient (Wildman–Crippen LogP) is 6.22. The molecule has 198 valence electrons. The Bertz CT molecular complexity index is 1850. The average molecular weight is 548 g/mol. The molecule has 4 aromatic carbocycles. The molecule has 6 aromatic rings. The Kier molecular flexibility index (Phi) is 7.03. The van der Waals surface area contributed by atoms with E-state index in [0.717, 1.165) is 32.8 Å². The maximum absolute atomic E-state index is 12.3. The molecule has 0 saturated heterocycles. The minimum Gasteiger partial charge on any atom is -0.508 e. The second-order valence-corrected chi connectivity index (χ2v) is 10.1. The fourth-order valence-electron chi connectivity index (χ4n) is 4.67. The summed E-state index contributed by atoms with van der Waals surface area (Å²) >= 11 is 1.53. The Morgan fingerprint density at radius 2 is 1.70 bits per heavy atom. The van der Waals surface area contributed by atoms with Gasteiger partial charge in [0.2, 0.25) is 5.16 Å². The fourth-order valence-corrected chi connectivity index (χ4v) is 5.50. The van der Waals surface area contributed by atoms with Gasteiger partial charge in [-0.05, 0) is 46.7 Å².